The van der Waals surface area contributed by atoms with E-state index in [1.807, 2.05) is 18.4 Å². The molecule has 0 saturated carbocycles. The normalized spacial score (nSPS) is 11.5. The molecule has 2 aromatic carbocycles. The number of thioether (sulfide) groups is 1. The summed E-state index contributed by atoms with van der Waals surface area (Å²) in [5.41, 5.74) is 0.845. The monoisotopic (exact) mass is 512 g/mol. The molecular weight excluding hydrogens is 489 g/mol. The van der Waals surface area contributed by atoms with Gasteiger partial charge in [-0.05, 0) is 61.2 Å². The number of carbonyl (C=O) groups is 1. The van der Waals surface area contributed by atoms with Gasteiger partial charge in [0.25, 0.3) is 11.5 Å². The number of benzene rings is 2. The van der Waals surface area contributed by atoms with Gasteiger partial charge in [-0.1, -0.05) is 18.2 Å². The van der Waals surface area contributed by atoms with Crippen molar-refractivity contribution < 1.29 is 18.0 Å². The highest BCUT2D eigenvalue weighted by molar-refractivity contribution is 7.98. The van der Waals surface area contributed by atoms with Crippen molar-refractivity contribution in [3.63, 3.8) is 0 Å². The van der Waals surface area contributed by atoms with Crippen LogP contribution in [0.2, 0.25) is 0 Å². The molecule has 0 fully saturated rings. The molecule has 0 saturated heterocycles. The summed E-state index contributed by atoms with van der Waals surface area (Å²) in [6.07, 6.45) is -1.07. The molecule has 2 aromatic heterocycles. The predicted molar refractivity (Wildman–Crippen MR) is 134 cm³/mol. The largest absolute Gasteiger partial charge is 0.416 e. The summed E-state index contributed by atoms with van der Waals surface area (Å²) in [6, 6.07) is 15.1. The molecular formula is C26H23F3N4O2S. The number of nitrogens with zero attached hydrogens (tertiary/aromatic N) is 3. The molecule has 6 nitrogen and oxygen atoms in total. The molecule has 0 spiro atoms. The first kappa shape index (κ1) is 25.3. The van der Waals surface area contributed by atoms with E-state index in [1.165, 1.54) is 23.1 Å². The van der Waals surface area contributed by atoms with Gasteiger partial charge in [-0.3, -0.25) is 14.3 Å². The minimum absolute atomic E-state index is 0.0246. The molecule has 1 N–H and O–H groups in total. The van der Waals surface area contributed by atoms with Crippen LogP contribution in [0.25, 0.3) is 11.3 Å². The SMILES string of the molecule is CSc1ccc(CN(C(=O)c2cc(-c3ccnn3C)c(C)[nH]c2=O)c2cccc(C(F)(F)F)c2)cc1. The fourth-order valence-electron chi connectivity index (χ4n) is 3.88. The van der Waals surface area contributed by atoms with E-state index in [1.54, 1.807) is 54.8 Å². The van der Waals surface area contributed by atoms with Crippen molar-refractivity contribution in [1.82, 2.24) is 14.8 Å². The number of aromatic nitrogens is 3. The van der Waals surface area contributed by atoms with Crippen LogP contribution in [0.1, 0.15) is 27.2 Å². The number of rotatable bonds is 6. The van der Waals surface area contributed by atoms with Crippen LogP contribution in [0, 0.1) is 6.92 Å². The summed E-state index contributed by atoms with van der Waals surface area (Å²) in [6.45, 7) is 1.68. The molecule has 0 bridgehead atoms. The third-order valence-corrected chi connectivity index (χ3v) is 6.54. The van der Waals surface area contributed by atoms with Crippen LogP contribution in [0.5, 0.6) is 0 Å². The Hall–Kier alpha value is -3.79. The second kappa shape index (κ2) is 10.1. The lowest BCUT2D eigenvalue weighted by molar-refractivity contribution is -0.137. The quantitative estimate of drug-likeness (QED) is 0.338. The first-order chi connectivity index (χ1) is 17.1. The molecule has 10 heteroatoms. The van der Waals surface area contributed by atoms with Crippen LogP contribution in [-0.4, -0.2) is 26.9 Å². The van der Waals surface area contributed by atoms with E-state index < -0.39 is 23.2 Å². The topological polar surface area (TPSA) is 71.0 Å². The van der Waals surface area contributed by atoms with Crippen LogP contribution in [0.3, 0.4) is 0 Å². The maximum atomic E-state index is 13.8. The Morgan fingerprint density at radius 2 is 1.83 bits per heavy atom. The Bertz CT molecular complexity index is 1460. The lowest BCUT2D eigenvalue weighted by atomic mass is 10.1. The van der Waals surface area contributed by atoms with Gasteiger partial charge in [-0.15, -0.1) is 11.8 Å². The van der Waals surface area contributed by atoms with Gasteiger partial charge in [0.05, 0.1) is 17.8 Å². The summed E-state index contributed by atoms with van der Waals surface area (Å²) >= 11 is 1.55. The van der Waals surface area contributed by atoms with E-state index in [4.69, 9.17) is 0 Å². The van der Waals surface area contributed by atoms with E-state index in [-0.39, 0.29) is 17.8 Å². The second-order valence-corrected chi connectivity index (χ2v) is 9.06. The van der Waals surface area contributed by atoms with Crippen molar-refractivity contribution >= 4 is 23.4 Å². The Balaban J connectivity index is 1.82. The van der Waals surface area contributed by atoms with Crippen molar-refractivity contribution in [2.24, 2.45) is 7.05 Å². The Morgan fingerprint density at radius 1 is 1.11 bits per heavy atom. The van der Waals surface area contributed by atoms with Crippen molar-refractivity contribution in [2.45, 2.75) is 24.5 Å². The minimum Gasteiger partial charge on any atom is -0.325 e. The predicted octanol–water partition coefficient (Wildman–Crippen LogP) is 5.67. The number of amides is 1. The van der Waals surface area contributed by atoms with Crippen molar-refractivity contribution in [2.75, 3.05) is 11.2 Å². The van der Waals surface area contributed by atoms with E-state index in [9.17, 15) is 22.8 Å². The van der Waals surface area contributed by atoms with E-state index in [2.05, 4.69) is 10.1 Å². The number of halogens is 3. The number of aryl methyl sites for hydroxylation is 2. The number of anilines is 1. The third-order valence-electron chi connectivity index (χ3n) is 5.80. The highest BCUT2D eigenvalue weighted by Crippen LogP contribution is 2.33. The average Bonchev–Trinajstić information content (AvgIpc) is 3.27. The average molecular weight is 513 g/mol. The van der Waals surface area contributed by atoms with Crippen molar-refractivity contribution in [1.29, 1.82) is 0 Å². The fourth-order valence-corrected chi connectivity index (χ4v) is 4.28. The zero-order chi connectivity index (χ0) is 26.0. The van der Waals surface area contributed by atoms with E-state index in [0.29, 0.717) is 22.5 Å². The number of nitrogens with one attached hydrogen (secondary N) is 1. The summed E-state index contributed by atoms with van der Waals surface area (Å²) in [5.74, 6) is -0.715. The van der Waals surface area contributed by atoms with Gasteiger partial charge in [0.15, 0.2) is 0 Å². The van der Waals surface area contributed by atoms with Crippen molar-refractivity contribution in [3.8, 4) is 11.3 Å². The molecule has 4 aromatic rings. The molecule has 0 aliphatic heterocycles. The molecule has 0 aliphatic carbocycles. The number of H-pyrrole nitrogens is 1. The molecule has 0 aliphatic rings. The lowest BCUT2D eigenvalue weighted by Crippen LogP contribution is -2.35. The van der Waals surface area contributed by atoms with Crippen LogP contribution < -0.4 is 10.5 Å². The minimum atomic E-state index is -4.58. The molecule has 2 heterocycles. The fraction of sp³-hybridized carbons (Fsp3) is 0.192. The maximum Gasteiger partial charge on any atom is 0.416 e. The number of alkyl halides is 3. The van der Waals surface area contributed by atoms with Gasteiger partial charge in [-0.25, -0.2) is 0 Å². The summed E-state index contributed by atoms with van der Waals surface area (Å²) in [4.78, 5) is 31.5. The van der Waals surface area contributed by atoms with E-state index >= 15 is 0 Å². The second-order valence-electron chi connectivity index (χ2n) is 8.18. The van der Waals surface area contributed by atoms with Gasteiger partial charge in [0, 0.05) is 35.1 Å². The van der Waals surface area contributed by atoms with Gasteiger partial charge in [0.1, 0.15) is 5.56 Å². The zero-order valence-corrected chi connectivity index (χ0v) is 20.6. The summed E-state index contributed by atoms with van der Waals surface area (Å²) in [5, 5.41) is 4.14. The van der Waals surface area contributed by atoms with E-state index in [0.717, 1.165) is 17.0 Å². The van der Waals surface area contributed by atoms with Crippen LogP contribution in [0.4, 0.5) is 18.9 Å². The number of pyridine rings is 1. The maximum absolute atomic E-state index is 13.8. The highest BCUT2D eigenvalue weighted by atomic mass is 32.2. The van der Waals surface area contributed by atoms with Crippen molar-refractivity contribution in [3.05, 3.63) is 99.6 Å². The third kappa shape index (κ3) is 5.23. The smallest absolute Gasteiger partial charge is 0.325 e. The van der Waals surface area contributed by atoms with Crippen LogP contribution >= 0.6 is 11.8 Å². The number of hydrogen-bond donors (Lipinski definition) is 1. The molecule has 186 valence electrons. The molecule has 0 radical (unpaired) electrons. The standard InChI is InChI=1S/C26H23F3N4O2S/c1-16-21(23-11-12-30-32(23)2)14-22(24(34)31-16)25(35)33(15-17-7-9-20(36-3)10-8-17)19-6-4-5-18(13-19)26(27,28)29/h4-14H,15H2,1-3H3,(H,31,34). The summed E-state index contributed by atoms with van der Waals surface area (Å²) < 4.78 is 42.0. The van der Waals surface area contributed by atoms with Crippen LogP contribution in [0.15, 0.2) is 76.6 Å². The first-order valence-corrected chi connectivity index (χ1v) is 12.2. The molecule has 4 rings (SSSR count). The molecule has 0 unspecified atom stereocenters. The van der Waals surface area contributed by atoms with Gasteiger partial charge < -0.3 is 9.88 Å². The van der Waals surface area contributed by atoms with Gasteiger partial charge >= 0.3 is 6.18 Å². The first-order valence-electron chi connectivity index (χ1n) is 10.9. The Labute approximate surface area is 209 Å². The van der Waals surface area contributed by atoms with Crippen LogP contribution in [-0.2, 0) is 19.8 Å². The van der Waals surface area contributed by atoms with Gasteiger partial charge in [-0.2, -0.15) is 18.3 Å². The number of hydrogen-bond acceptors (Lipinski definition) is 4. The number of carbonyl (C=O) groups excluding carboxylic acids is 1. The number of aromatic amines is 1. The summed E-state index contributed by atoms with van der Waals surface area (Å²) in [7, 11) is 1.73. The molecule has 0 atom stereocenters. The van der Waals surface area contributed by atoms with Gasteiger partial charge in [0.2, 0.25) is 0 Å². The molecule has 36 heavy (non-hydrogen) atoms. The highest BCUT2D eigenvalue weighted by Gasteiger charge is 2.32. The lowest BCUT2D eigenvalue weighted by Gasteiger charge is -2.24. The zero-order valence-electron chi connectivity index (χ0n) is 19.8. The molecule has 1 amide bonds. The Morgan fingerprint density at radius 3 is 2.44 bits per heavy atom. The Kier molecular flexibility index (Phi) is 7.07.